The maximum Gasteiger partial charge on any atom is 0.435 e. The summed E-state index contributed by atoms with van der Waals surface area (Å²) in [6.45, 7) is 5.98. The Balaban J connectivity index is 1.60. The van der Waals surface area contributed by atoms with Crippen LogP contribution >= 0.6 is 22.6 Å². The summed E-state index contributed by atoms with van der Waals surface area (Å²) in [4.78, 5) is 16.9. The molecule has 0 radical (unpaired) electrons. The molecule has 0 bridgehead atoms. The van der Waals surface area contributed by atoms with Gasteiger partial charge in [-0.1, -0.05) is 36.4 Å². The minimum absolute atomic E-state index is 0.478. The van der Waals surface area contributed by atoms with Crippen molar-refractivity contribution in [2.45, 2.75) is 33.0 Å². The minimum Gasteiger partial charge on any atom is -0.487 e. The highest BCUT2D eigenvalue weighted by molar-refractivity contribution is 14.1. The van der Waals surface area contributed by atoms with E-state index in [1.165, 1.54) is 4.68 Å². The van der Waals surface area contributed by atoms with Crippen molar-refractivity contribution in [2.75, 3.05) is 0 Å². The summed E-state index contributed by atoms with van der Waals surface area (Å²) >= 11 is 2.13. The number of halogens is 1. The molecule has 0 spiro atoms. The Bertz CT molecular complexity index is 1230. The molecule has 4 rings (SSSR count). The number of fused-ring (bicyclic) bond motifs is 1. The average Bonchev–Trinajstić information content (AvgIpc) is 3.08. The molecule has 0 saturated carbocycles. The number of aromatic nitrogens is 3. The molecule has 0 fully saturated rings. The summed E-state index contributed by atoms with van der Waals surface area (Å²) < 4.78 is 13.4. The molecule has 0 N–H and O–H groups in total. The maximum atomic E-state index is 12.5. The van der Waals surface area contributed by atoms with Crippen LogP contribution in [-0.4, -0.2) is 26.5 Å². The lowest BCUT2D eigenvalue weighted by atomic mass is 10.1. The van der Waals surface area contributed by atoms with Crippen molar-refractivity contribution >= 4 is 39.6 Å². The summed E-state index contributed by atoms with van der Waals surface area (Å²) in [7, 11) is 0. The third kappa shape index (κ3) is 5.04. The van der Waals surface area contributed by atoms with E-state index < -0.39 is 11.7 Å². The van der Waals surface area contributed by atoms with Crippen LogP contribution < -0.4 is 4.74 Å². The lowest BCUT2D eigenvalue weighted by molar-refractivity contribution is 0.0522. The van der Waals surface area contributed by atoms with E-state index in [9.17, 15) is 4.79 Å². The van der Waals surface area contributed by atoms with Crippen molar-refractivity contribution in [1.29, 1.82) is 0 Å². The highest BCUT2D eigenvalue weighted by atomic mass is 127. The van der Waals surface area contributed by atoms with Gasteiger partial charge in [-0.3, -0.25) is 4.98 Å². The standard InChI is InChI=1S/C24H22IN3O3/c1-24(2,3)31-23(29)28-21-10-9-17(12-20(21)22(25)27-28)18-11-19(14-26-13-18)30-15-16-7-5-4-6-8-16/h4-14H,15H2,1-3H3. The van der Waals surface area contributed by atoms with Crippen molar-refractivity contribution in [2.24, 2.45) is 0 Å². The van der Waals surface area contributed by atoms with Gasteiger partial charge in [0.25, 0.3) is 0 Å². The first-order valence-corrected chi connectivity index (χ1v) is 10.9. The van der Waals surface area contributed by atoms with Crippen LogP contribution in [0.25, 0.3) is 22.0 Å². The number of pyridine rings is 1. The summed E-state index contributed by atoms with van der Waals surface area (Å²) in [6.07, 6.45) is 3.00. The Hall–Kier alpha value is -2.94. The molecule has 31 heavy (non-hydrogen) atoms. The maximum absolute atomic E-state index is 12.5. The molecule has 0 aliphatic heterocycles. The number of hydrogen-bond donors (Lipinski definition) is 0. The highest BCUT2D eigenvalue weighted by Gasteiger charge is 2.21. The van der Waals surface area contributed by atoms with Crippen LogP contribution in [0.3, 0.4) is 0 Å². The summed E-state index contributed by atoms with van der Waals surface area (Å²) in [5.74, 6) is 0.695. The van der Waals surface area contributed by atoms with Crippen LogP contribution in [0.2, 0.25) is 0 Å². The van der Waals surface area contributed by atoms with Crippen molar-refractivity contribution in [3.63, 3.8) is 0 Å². The van der Waals surface area contributed by atoms with E-state index >= 15 is 0 Å². The topological polar surface area (TPSA) is 66.2 Å². The summed E-state index contributed by atoms with van der Waals surface area (Å²) in [6, 6.07) is 17.8. The molecule has 0 aliphatic rings. The number of hydrogen-bond acceptors (Lipinski definition) is 5. The quantitative estimate of drug-likeness (QED) is 0.302. The molecule has 158 valence electrons. The van der Waals surface area contributed by atoms with Crippen LogP contribution in [0, 0.1) is 3.70 Å². The third-order valence-electron chi connectivity index (χ3n) is 4.50. The van der Waals surface area contributed by atoms with E-state index in [1.807, 2.05) is 75.4 Å². The molecule has 4 aromatic rings. The predicted octanol–water partition coefficient (Wildman–Crippen LogP) is 6.07. The Kier molecular flexibility index (Phi) is 5.95. The van der Waals surface area contributed by atoms with Crippen molar-refractivity contribution < 1.29 is 14.3 Å². The van der Waals surface area contributed by atoms with Gasteiger partial charge in [0.05, 0.1) is 11.7 Å². The fraction of sp³-hybridized carbons (Fsp3) is 0.208. The predicted molar refractivity (Wildman–Crippen MR) is 128 cm³/mol. The molecule has 0 atom stereocenters. The molecular weight excluding hydrogens is 505 g/mol. The highest BCUT2D eigenvalue weighted by Crippen LogP contribution is 2.29. The minimum atomic E-state index is -0.591. The second-order valence-electron chi connectivity index (χ2n) is 8.10. The van der Waals surface area contributed by atoms with Gasteiger partial charge in [0.1, 0.15) is 21.7 Å². The van der Waals surface area contributed by atoms with E-state index in [-0.39, 0.29) is 0 Å². The van der Waals surface area contributed by atoms with E-state index in [0.29, 0.717) is 17.9 Å². The number of benzene rings is 2. The molecule has 2 heterocycles. The zero-order chi connectivity index (χ0) is 22.0. The Morgan fingerprint density at radius 3 is 2.55 bits per heavy atom. The van der Waals surface area contributed by atoms with Gasteiger partial charge in [0, 0.05) is 17.1 Å². The molecule has 0 aliphatic carbocycles. The number of carbonyl (C=O) groups excluding carboxylic acids is 1. The van der Waals surface area contributed by atoms with Gasteiger partial charge < -0.3 is 9.47 Å². The van der Waals surface area contributed by atoms with Crippen LogP contribution in [-0.2, 0) is 11.3 Å². The first-order chi connectivity index (χ1) is 14.8. The Morgan fingerprint density at radius 1 is 1.03 bits per heavy atom. The molecule has 0 amide bonds. The third-order valence-corrected chi connectivity index (χ3v) is 5.29. The monoisotopic (exact) mass is 527 g/mol. The first-order valence-electron chi connectivity index (χ1n) is 9.84. The number of nitrogens with zero attached hydrogens (tertiary/aromatic N) is 3. The molecule has 2 aromatic heterocycles. The number of rotatable bonds is 4. The van der Waals surface area contributed by atoms with E-state index in [0.717, 1.165) is 25.8 Å². The Labute approximate surface area is 194 Å². The van der Waals surface area contributed by atoms with Gasteiger partial charge >= 0.3 is 6.09 Å². The SMILES string of the molecule is CC(C)(C)OC(=O)n1nc(I)c2cc(-c3cncc(OCc4ccccc4)c3)ccc21. The van der Waals surface area contributed by atoms with Gasteiger partial charge in [-0.2, -0.15) is 9.78 Å². The van der Waals surface area contributed by atoms with Crippen LogP contribution in [0.5, 0.6) is 5.75 Å². The Morgan fingerprint density at radius 2 is 1.81 bits per heavy atom. The summed E-state index contributed by atoms with van der Waals surface area (Å²) in [5, 5.41) is 5.25. The number of carbonyl (C=O) groups is 1. The normalized spacial score (nSPS) is 11.5. The fourth-order valence-electron chi connectivity index (χ4n) is 3.10. The van der Waals surface area contributed by atoms with Gasteiger partial charge in [-0.25, -0.2) is 4.79 Å². The molecule has 6 nitrogen and oxygen atoms in total. The van der Waals surface area contributed by atoms with E-state index in [4.69, 9.17) is 9.47 Å². The van der Waals surface area contributed by atoms with Gasteiger partial charge in [0.15, 0.2) is 0 Å². The largest absolute Gasteiger partial charge is 0.487 e. The zero-order valence-electron chi connectivity index (χ0n) is 17.5. The van der Waals surface area contributed by atoms with Crippen molar-refractivity contribution in [3.05, 3.63) is 76.3 Å². The van der Waals surface area contributed by atoms with E-state index in [2.05, 4.69) is 32.7 Å². The van der Waals surface area contributed by atoms with E-state index in [1.54, 1.807) is 12.4 Å². The lowest BCUT2D eigenvalue weighted by Gasteiger charge is -2.19. The molecule has 0 saturated heterocycles. The first kappa shape index (κ1) is 21.3. The zero-order valence-corrected chi connectivity index (χ0v) is 19.7. The second-order valence-corrected chi connectivity index (χ2v) is 9.12. The second kappa shape index (κ2) is 8.66. The van der Waals surface area contributed by atoms with Gasteiger partial charge in [-0.15, -0.1) is 0 Å². The van der Waals surface area contributed by atoms with Crippen LogP contribution in [0.4, 0.5) is 4.79 Å². The van der Waals surface area contributed by atoms with Crippen LogP contribution in [0.15, 0.2) is 67.0 Å². The fourth-order valence-corrected chi connectivity index (χ4v) is 3.75. The van der Waals surface area contributed by atoms with Crippen LogP contribution in [0.1, 0.15) is 26.3 Å². The number of ether oxygens (including phenoxy) is 2. The smallest absolute Gasteiger partial charge is 0.435 e. The molecule has 7 heteroatoms. The lowest BCUT2D eigenvalue weighted by Crippen LogP contribution is -2.27. The molecule has 0 unspecified atom stereocenters. The van der Waals surface area contributed by atoms with Gasteiger partial charge in [-0.05, 0) is 72.7 Å². The van der Waals surface area contributed by atoms with Crippen molar-refractivity contribution in [1.82, 2.24) is 14.8 Å². The average molecular weight is 527 g/mol. The van der Waals surface area contributed by atoms with Gasteiger partial charge in [0.2, 0.25) is 0 Å². The molecular formula is C24H22IN3O3. The van der Waals surface area contributed by atoms with Crippen molar-refractivity contribution in [3.8, 4) is 16.9 Å². The summed E-state index contributed by atoms with van der Waals surface area (Å²) in [5.41, 5.74) is 3.09. The molecule has 2 aromatic carbocycles.